The molecule has 5 heteroatoms. The summed E-state index contributed by atoms with van der Waals surface area (Å²) in [6.07, 6.45) is 3.37. The quantitative estimate of drug-likeness (QED) is 0.900. The van der Waals surface area contributed by atoms with Crippen molar-refractivity contribution in [1.82, 2.24) is 15.3 Å². The number of para-hydroxylation sites is 1. The molecule has 0 saturated carbocycles. The van der Waals surface area contributed by atoms with Gasteiger partial charge in [0.2, 0.25) is 0 Å². The molecule has 1 N–H and O–H groups in total. The minimum atomic E-state index is 0.307. The van der Waals surface area contributed by atoms with Crippen LogP contribution < -0.4 is 10.1 Å². The van der Waals surface area contributed by atoms with Crippen molar-refractivity contribution in [2.45, 2.75) is 13.2 Å². The first-order valence-electron chi connectivity index (χ1n) is 5.62. The van der Waals surface area contributed by atoms with Gasteiger partial charge in [0.1, 0.15) is 12.4 Å². The molecule has 0 saturated heterocycles. The third-order valence-corrected chi connectivity index (χ3v) is 2.68. The second-order valence-corrected chi connectivity index (χ2v) is 4.12. The van der Waals surface area contributed by atoms with E-state index in [9.17, 15) is 0 Å². The summed E-state index contributed by atoms with van der Waals surface area (Å²) in [6.45, 7) is 1.01. The maximum Gasteiger partial charge on any atom is 0.166 e. The lowest BCUT2D eigenvalue weighted by Crippen LogP contribution is -2.08. The van der Waals surface area contributed by atoms with Gasteiger partial charge in [-0.2, -0.15) is 0 Å². The maximum absolute atomic E-state index is 6.14. The average molecular weight is 264 g/mol. The Labute approximate surface area is 111 Å². The van der Waals surface area contributed by atoms with E-state index in [4.69, 9.17) is 16.3 Å². The smallest absolute Gasteiger partial charge is 0.166 e. The lowest BCUT2D eigenvalue weighted by atomic mass is 10.2. The molecule has 0 atom stereocenters. The summed E-state index contributed by atoms with van der Waals surface area (Å²) in [6, 6.07) is 7.46. The fraction of sp³-hybridized carbons (Fsp3) is 0.231. The Morgan fingerprint density at radius 2 is 2.00 bits per heavy atom. The first-order valence-corrected chi connectivity index (χ1v) is 5.99. The van der Waals surface area contributed by atoms with E-state index in [1.165, 1.54) is 0 Å². The standard InChI is InChI=1S/C13H14ClN3O/c1-15-8-10-4-2-5-11(14)13(10)18-9-12-16-6-3-7-17-12/h2-7,15H,8-9H2,1H3. The summed E-state index contributed by atoms with van der Waals surface area (Å²) in [7, 11) is 1.88. The Kier molecular flexibility index (Phi) is 4.50. The molecule has 2 rings (SSSR count). The zero-order chi connectivity index (χ0) is 12.8. The van der Waals surface area contributed by atoms with Crippen LogP contribution in [0.3, 0.4) is 0 Å². The third-order valence-electron chi connectivity index (χ3n) is 2.38. The van der Waals surface area contributed by atoms with Gasteiger partial charge in [0.15, 0.2) is 5.82 Å². The first kappa shape index (κ1) is 12.8. The molecule has 0 spiro atoms. The van der Waals surface area contributed by atoms with E-state index in [2.05, 4.69) is 15.3 Å². The fourth-order valence-electron chi connectivity index (χ4n) is 1.59. The highest BCUT2D eigenvalue weighted by Gasteiger charge is 2.08. The van der Waals surface area contributed by atoms with E-state index in [1.54, 1.807) is 18.5 Å². The highest BCUT2D eigenvalue weighted by molar-refractivity contribution is 6.32. The number of halogens is 1. The van der Waals surface area contributed by atoms with Crippen LogP contribution in [0.1, 0.15) is 11.4 Å². The molecule has 0 aliphatic heterocycles. The van der Waals surface area contributed by atoms with Crippen LogP contribution in [-0.4, -0.2) is 17.0 Å². The van der Waals surface area contributed by atoms with Crippen molar-refractivity contribution < 1.29 is 4.74 Å². The highest BCUT2D eigenvalue weighted by Crippen LogP contribution is 2.29. The van der Waals surface area contributed by atoms with Crippen molar-refractivity contribution in [2.75, 3.05) is 7.05 Å². The topological polar surface area (TPSA) is 47.0 Å². The van der Waals surface area contributed by atoms with Crippen LogP contribution >= 0.6 is 11.6 Å². The summed E-state index contributed by atoms with van der Waals surface area (Å²) < 4.78 is 5.71. The van der Waals surface area contributed by atoms with E-state index in [1.807, 2.05) is 25.2 Å². The number of nitrogens with zero attached hydrogens (tertiary/aromatic N) is 2. The highest BCUT2D eigenvalue weighted by atomic mass is 35.5. The number of nitrogens with one attached hydrogen (secondary N) is 1. The average Bonchev–Trinajstić information content (AvgIpc) is 2.40. The number of hydrogen-bond donors (Lipinski definition) is 1. The Hall–Kier alpha value is -1.65. The Bertz CT molecular complexity index is 505. The second-order valence-electron chi connectivity index (χ2n) is 3.71. The summed E-state index contributed by atoms with van der Waals surface area (Å²) in [5.41, 5.74) is 1.01. The summed E-state index contributed by atoms with van der Waals surface area (Å²) in [5, 5.41) is 3.68. The van der Waals surface area contributed by atoms with Gasteiger partial charge in [0.05, 0.1) is 5.02 Å². The Balaban J connectivity index is 2.13. The number of hydrogen-bond acceptors (Lipinski definition) is 4. The third kappa shape index (κ3) is 3.18. The van der Waals surface area contributed by atoms with Gasteiger partial charge < -0.3 is 10.1 Å². The van der Waals surface area contributed by atoms with Gasteiger partial charge in [-0.3, -0.25) is 0 Å². The molecule has 0 bridgehead atoms. The molecule has 1 heterocycles. The molecular formula is C13H14ClN3O. The Morgan fingerprint density at radius 3 is 2.72 bits per heavy atom. The van der Waals surface area contributed by atoms with Crippen molar-refractivity contribution in [2.24, 2.45) is 0 Å². The van der Waals surface area contributed by atoms with Crippen molar-refractivity contribution in [3.05, 3.63) is 53.1 Å². The molecule has 4 nitrogen and oxygen atoms in total. The van der Waals surface area contributed by atoms with E-state index in [0.717, 1.165) is 5.56 Å². The molecular weight excluding hydrogens is 250 g/mol. The van der Waals surface area contributed by atoms with E-state index in [0.29, 0.717) is 29.7 Å². The number of ether oxygens (including phenoxy) is 1. The van der Waals surface area contributed by atoms with Crippen LogP contribution in [0.25, 0.3) is 0 Å². The first-order chi connectivity index (χ1) is 8.81. The van der Waals surface area contributed by atoms with Crippen molar-refractivity contribution in [3.8, 4) is 5.75 Å². The monoisotopic (exact) mass is 263 g/mol. The lowest BCUT2D eigenvalue weighted by molar-refractivity contribution is 0.292. The molecule has 0 amide bonds. The predicted molar refractivity (Wildman–Crippen MR) is 70.6 cm³/mol. The van der Waals surface area contributed by atoms with Crippen LogP contribution in [0.2, 0.25) is 5.02 Å². The van der Waals surface area contributed by atoms with Gasteiger partial charge in [0.25, 0.3) is 0 Å². The van der Waals surface area contributed by atoms with Gasteiger partial charge in [-0.25, -0.2) is 9.97 Å². The lowest BCUT2D eigenvalue weighted by Gasteiger charge is -2.12. The number of rotatable bonds is 5. The molecule has 94 valence electrons. The second kappa shape index (κ2) is 6.33. The maximum atomic E-state index is 6.14. The van der Waals surface area contributed by atoms with Crippen LogP contribution in [0, 0.1) is 0 Å². The van der Waals surface area contributed by atoms with Crippen LogP contribution in [0.15, 0.2) is 36.7 Å². The van der Waals surface area contributed by atoms with Gasteiger partial charge in [-0.05, 0) is 19.2 Å². The van der Waals surface area contributed by atoms with E-state index >= 15 is 0 Å². The molecule has 2 aromatic rings. The van der Waals surface area contributed by atoms with Gasteiger partial charge in [0, 0.05) is 24.5 Å². The van der Waals surface area contributed by atoms with Crippen molar-refractivity contribution >= 4 is 11.6 Å². The largest absolute Gasteiger partial charge is 0.484 e. The van der Waals surface area contributed by atoms with Crippen LogP contribution in [0.4, 0.5) is 0 Å². The molecule has 0 aliphatic carbocycles. The fourth-order valence-corrected chi connectivity index (χ4v) is 1.83. The normalized spacial score (nSPS) is 10.3. The zero-order valence-electron chi connectivity index (χ0n) is 10.1. The zero-order valence-corrected chi connectivity index (χ0v) is 10.8. The molecule has 1 aromatic heterocycles. The Morgan fingerprint density at radius 1 is 1.22 bits per heavy atom. The minimum Gasteiger partial charge on any atom is -0.484 e. The summed E-state index contributed by atoms with van der Waals surface area (Å²) >= 11 is 6.14. The molecule has 0 fully saturated rings. The van der Waals surface area contributed by atoms with Gasteiger partial charge >= 0.3 is 0 Å². The van der Waals surface area contributed by atoms with Crippen LogP contribution in [0.5, 0.6) is 5.75 Å². The molecule has 18 heavy (non-hydrogen) atoms. The molecule has 0 aliphatic rings. The molecule has 1 aromatic carbocycles. The minimum absolute atomic E-state index is 0.307. The molecule has 0 radical (unpaired) electrons. The molecule has 0 unspecified atom stereocenters. The summed E-state index contributed by atoms with van der Waals surface area (Å²) in [5.74, 6) is 1.31. The van der Waals surface area contributed by atoms with E-state index < -0.39 is 0 Å². The van der Waals surface area contributed by atoms with Gasteiger partial charge in [-0.15, -0.1) is 0 Å². The van der Waals surface area contributed by atoms with Crippen molar-refractivity contribution in [3.63, 3.8) is 0 Å². The number of aromatic nitrogens is 2. The predicted octanol–water partition coefficient (Wildman–Crippen LogP) is 2.43. The van der Waals surface area contributed by atoms with Crippen LogP contribution in [-0.2, 0) is 13.2 Å². The van der Waals surface area contributed by atoms with E-state index in [-0.39, 0.29) is 0 Å². The van der Waals surface area contributed by atoms with Gasteiger partial charge in [-0.1, -0.05) is 23.7 Å². The SMILES string of the molecule is CNCc1cccc(Cl)c1OCc1ncccn1. The summed E-state index contributed by atoms with van der Waals surface area (Å²) in [4.78, 5) is 8.21. The number of benzene rings is 1. The van der Waals surface area contributed by atoms with Crippen molar-refractivity contribution in [1.29, 1.82) is 0 Å².